The molecule has 2 saturated carbocycles. The van der Waals surface area contributed by atoms with Crippen LogP contribution in [0.2, 0.25) is 0 Å². The van der Waals surface area contributed by atoms with Gasteiger partial charge in [-0.15, -0.1) is 0 Å². The minimum absolute atomic E-state index is 0.0993. The minimum atomic E-state index is -1.01. The number of allylic oxidation sites excluding steroid dienone is 2. The summed E-state index contributed by atoms with van der Waals surface area (Å²) in [6.07, 6.45) is 7.43. The van der Waals surface area contributed by atoms with Crippen molar-refractivity contribution in [2.45, 2.75) is 86.9 Å². The van der Waals surface area contributed by atoms with Gasteiger partial charge in [0.15, 0.2) is 0 Å². The summed E-state index contributed by atoms with van der Waals surface area (Å²) in [4.78, 5) is 16.6. The topological polar surface area (TPSA) is 106 Å². The average Bonchev–Trinajstić information content (AvgIpc) is 3.39. The van der Waals surface area contributed by atoms with E-state index in [1.807, 2.05) is 25.1 Å². The predicted octanol–water partition coefficient (Wildman–Crippen LogP) is 2.83. The number of aliphatic hydroxyl groups excluding tert-OH is 2. The fourth-order valence-electron chi connectivity index (χ4n) is 9.39. The summed E-state index contributed by atoms with van der Waals surface area (Å²) in [7, 11) is 3.90. The Bertz CT molecular complexity index is 1370. The number of benzene rings is 1. The summed E-state index contributed by atoms with van der Waals surface area (Å²) in [6.45, 7) is 2.34. The smallest absolute Gasteiger partial charge is 0.248 e. The summed E-state index contributed by atoms with van der Waals surface area (Å²) < 4.78 is 7.21. The van der Waals surface area contributed by atoms with Crippen LogP contribution < -0.4 is 5.56 Å². The quantitative estimate of drug-likeness (QED) is 0.499. The van der Waals surface area contributed by atoms with Gasteiger partial charge in [0.1, 0.15) is 5.60 Å². The molecule has 3 heterocycles. The Morgan fingerprint density at radius 2 is 1.84 bits per heavy atom. The molecule has 2 spiro atoms. The highest BCUT2D eigenvalue weighted by atomic mass is 16.6. The number of aromatic nitrogens is 1. The molecule has 7 heteroatoms. The Labute approximate surface area is 217 Å². The molecule has 37 heavy (non-hydrogen) atoms. The highest BCUT2D eigenvalue weighted by molar-refractivity contribution is 5.87. The van der Waals surface area contributed by atoms with Crippen LogP contribution in [0.5, 0.6) is 0 Å². The number of likely N-dealkylation sites (N-methyl/N-ethyl adjacent to an activating group) is 1. The van der Waals surface area contributed by atoms with E-state index in [0.717, 1.165) is 42.0 Å². The number of H-pyrrole nitrogens is 1. The fourth-order valence-corrected chi connectivity index (χ4v) is 9.39. The van der Waals surface area contributed by atoms with E-state index < -0.39 is 29.0 Å². The molecule has 2 aromatic rings. The summed E-state index contributed by atoms with van der Waals surface area (Å²) in [5.74, 6) is -0.123. The van der Waals surface area contributed by atoms with Crippen LogP contribution >= 0.6 is 0 Å². The third-order valence-electron chi connectivity index (χ3n) is 11.3. The molecule has 4 N–H and O–H groups in total. The Morgan fingerprint density at radius 3 is 2.62 bits per heavy atom. The number of nitrogens with one attached hydrogen (secondary N) is 1. The number of fused-ring (bicyclic) bond motifs is 2. The maximum absolute atomic E-state index is 12.3. The molecule has 9 unspecified atom stereocenters. The van der Waals surface area contributed by atoms with Crippen LogP contribution in [0.15, 0.2) is 41.3 Å². The molecule has 198 valence electrons. The molecule has 2 bridgehead atoms. The molecule has 1 aromatic heterocycles. The first-order chi connectivity index (χ1) is 17.5. The van der Waals surface area contributed by atoms with E-state index in [-0.39, 0.29) is 28.9 Å². The molecule has 9 atom stereocenters. The van der Waals surface area contributed by atoms with Gasteiger partial charge in [-0.25, -0.2) is 0 Å². The summed E-state index contributed by atoms with van der Waals surface area (Å²) in [5.41, 5.74) is 0.0348. The van der Waals surface area contributed by atoms with Gasteiger partial charge in [0.2, 0.25) is 5.56 Å². The standard InChI is InChI=1S/C30H38N2O5/c1-27-8-10-29(36)14-21-25(34)26(35)22(32(2)3)15-28(21)9-11-30(29,37-28)23(27)7-6-20(27)18-5-4-17-13-24(33)31-16-19(17)12-18/h4-6,12-13,16,21-23,25-26,34-36H,7-11,14-15H2,1-3H3,(H,31,33). The van der Waals surface area contributed by atoms with E-state index in [1.54, 1.807) is 12.3 Å². The maximum Gasteiger partial charge on any atom is 0.248 e. The van der Waals surface area contributed by atoms with Crippen molar-refractivity contribution in [3.05, 3.63) is 52.5 Å². The van der Waals surface area contributed by atoms with Crippen molar-refractivity contribution in [1.82, 2.24) is 9.88 Å². The zero-order valence-electron chi connectivity index (χ0n) is 21.9. The Balaban J connectivity index is 1.27. The van der Waals surface area contributed by atoms with Gasteiger partial charge in [0.05, 0.1) is 23.4 Å². The molecule has 2 aliphatic heterocycles. The number of hydrogen-bond acceptors (Lipinski definition) is 6. The third-order valence-corrected chi connectivity index (χ3v) is 11.3. The van der Waals surface area contributed by atoms with Crippen molar-refractivity contribution in [3.63, 3.8) is 0 Å². The number of pyridine rings is 1. The molecule has 0 radical (unpaired) electrons. The van der Waals surface area contributed by atoms with Crippen LogP contribution in [0, 0.1) is 17.3 Å². The van der Waals surface area contributed by atoms with Crippen molar-refractivity contribution in [3.8, 4) is 0 Å². The number of hydrogen-bond donors (Lipinski definition) is 4. The van der Waals surface area contributed by atoms with Crippen molar-refractivity contribution < 1.29 is 20.1 Å². The molecular formula is C30H38N2O5. The van der Waals surface area contributed by atoms with Crippen LogP contribution in [0.25, 0.3) is 16.3 Å². The molecule has 5 aliphatic rings. The Morgan fingerprint density at radius 1 is 1.03 bits per heavy atom. The highest BCUT2D eigenvalue weighted by Gasteiger charge is 2.76. The Kier molecular flexibility index (Phi) is 4.90. The van der Waals surface area contributed by atoms with E-state index in [9.17, 15) is 20.1 Å². The second kappa shape index (κ2) is 7.54. The first-order valence-corrected chi connectivity index (χ1v) is 13.8. The van der Waals surface area contributed by atoms with Gasteiger partial charge in [-0.05, 0) is 92.4 Å². The van der Waals surface area contributed by atoms with E-state index in [2.05, 4.69) is 30.1 Å². The monoisotopic (exact) mass is 506 g/mol. The molecule has 4 fully saturated rings. The fraction of sp³-hybridized carbons (Fsp3) is 0.633. The second-order valence-electron chi connectivity index (χ2n) is 13.1. The van der Waals surface area contributed by atoms with Gasteiger partial charge in [-0.1, -0.05) is 25.1 Å². The van der Waals surface area contributed by atoms with E-state index in [0.29, 0.717) is 19.3 Å². The predicted molar refractivity (Wildman–Crippen MR) is 141 cm³/mol. The van der Waals surface area contributed by atoms with Crippen LogP contribution in [-0.2, 0) is 4.74 Å². The van der Waals surface area contributed by atoms with Crippen molar-refractivity contribution in [2.24, 2.45) is 17.3 Å². The maximum atomic E-state index is 12.3. The molecule has 2 saturated heterocycles. The lowest BCUT2D eigenvalue weighted by Gasteiger charge is -2.65. The van der Waals surface area contributed by atoms with Crippen LogP contribution in [0.3, 0.4) is 0 Å². The van der Waals surface area contributed by atoms with E-state index in [4.69, 9.17) is 4.74 Å². The minimum Gasteiger partial charge on any atom is -0.390 e. The van der Waals surface area contributed by atoms with Crippen LogP contribution in [0.1, 0.15) is 57.4 Å². The lowest BCUT2D eigenvalue weighted by Crippen LogP contribution is -2.73. The number of rotatable bonds is 2. The normalized spacial score (nSPS) is 46.5. The van der Waals surface area contributed by atoms with Gasteiger partial charge in [0, 0.05) is 30.1 Å². The van der Waals surface area contributed by atoms with Gasteiger partial charge in [0.25, 0.3) is 0 Å². The van der Waals surface area contributed by atoms with Gasteiger partial charge in [-0.3, -0.25) is 4.79 Å². The molecule has 7 rings (SSSR count). The second-order valence-corrected chi connectivity index (χ2v) is 13.1. The van der Waals surface area contributed by atoms with Gasteiger partial charge >= 0.3 is 0 Å². The first kappa shape index (κ1) is 24.0. The number of aromatic amines is 1. The first-order valence-electron chi connectivity index (χ1n) is 13.8. The molecule has 3 aliphatic carbocycles. The molecule has 0 amide bonds. The SMILES string of the molecule is CN(C)C1CC23CCC4(O2)C2CC=C(c5ccc6cc(=O)[nH]cc6c5)C2(C)CCC4(O)CC3C(O)C1O. The summed E-state index contributed by atoms with van der Waals surface area (Å²) >= 11 is 0. The lowest BCUT2D eigenvalue weighted by atomic mass is 9.51. The van der Waals surface area contributed by atoms with Crippen molar-refractivity contribution in [1.29, 1.82) is 0 Å². The highest BCUT2D eigenvalue weighted by Crippen LogP contribution is 2.71. The lowest BCUT2D eigenvalue weighted by molar-refractivity contribution is -0.331. The largest absolute Gasteiger partial charge is 0.390 e. The number of aliphatic hydroxyl groups is 3. The van der Waals surface area contributed by atoms with E-state index >= 15 is 0 Å². The summed E-state index contributed by atoms with van der Waals surface area (Å²) in [5, 5.41) is 36.4. The Hall–Kier alpha value is -2.03. The van der Waals surface area contributed by atoms with E-state index in [1.165, 1.54) is 5.57 Å². The zero-order chi connectivity index (χ0) is 26.0. The van der Waals surface area contributed by atoms with Crippen molar-refractivity contribution in [2.75, 3.05) is 14.1 Å². The molecular weight excluding hydrogens is 468 g/mol. The van der Waals surface area contributed by atoms with Crippen LogP contribution in [-0.4, -0.2) is 74.4 Å². The molecule has 7 nitrogen and oxygen atoms in total. The molecule has 1 aromatic carbocycles. The average molecular weight is 507 g/mol. The zero-order valence-corrected chi connectivity index (χ0v) is 21.9. The van der Waals surface area contributed by atoms with Crippen molar-refractivity contribution >= 4 is 16.3 Å². The summed E-state index contributed by atoms with van der Waals surface area (Å²) in [6, 6.07) is 7.76. The number of ether oxygens (including phenoxy) is 1. The number of nitrogens with zero attached hydrogens (tertiary/aromatic N) is 1. The third kappa shape index (κ3) is 2.98. The van der Waals surface area contributed by atoms with Gasteiger partial charge < -0.3 is 29.9 Å². The van der Waals surface area contributed by atoms with Gasteiger partial charge in [-0.2, -0.15) is 0 Å². The van der Waals surface area contributed by atoms with Crippen LogP contribution in [0.4, 0.5) is 0 Å².